The van der Waals surface area contributed by atoms with Crippen molar-refractivity contribution in [2.24, 2.45) is 0 Å². The molecule has 18 heavy (non-hydrogen) atoms. The molecule has 0 spiro atoms. The number of aryl methyl sites for hydroxylation is 1. The number of nitrogens with one attached hydrogen (secondary N) is 1. The zero-order valence-electron chi connectivity index (χ0n) is 9.93. The molecule has 1 heterocycles. The van der Waals surface area contributed by atoms with E-state index < -0.39 is 0 Å². The summed E-state index contributed by atoms with van der Waals surface area (Å²) in [6.45, 7) is 2.09. The van der Waals surface area contributed by atoms with Gasteiger partial charge in [0.15, 0.2) is 0 Å². The molecule has 0 aliphatic carbocycles. The molecule has 0 fully saturated rings. The van der Waals surface area contributed by atoms with E-state index in [0.717, 1.165) is 13.4 Å². The summed E-state index contributed by atoms with van der Waals surface area (Å²) in [4.78, 5) is 1.29. The maximum Gasteiger partial charge on any atom is 0.0691 e. The molecule has 0 saturated heterocycles. The van der Waals surface area contributed by atoms with Gasteiger partial charge in [-0.15, -0.1) is 11.3 Å². The molecule has 2 rings (SSSR count). The van der Waals surface area contributed by atoms with E-state index in [9.17, 15) is 0 Å². The smallest absolute Gasteiger partial charge is 0.0691 e. The van der Waals surface area contributed by atoms with Gasteiger partial charge in [-0.2, -0.15) is 0 Å². The van der Waals surface area contributed by atoms with E-state index in [0.29, 0.717) is 0 Å². The molecule has 96 valence electrons. The lowest BCUT2D eigenvalue weighted by molar-refractivity contribution is 0.698. The highest BCUT2D eigenvalue weighted by Crippen LogP contribution is 2.37. The van der Waals surface area contributed by atoms with E-state index in [-0.39, 0.29) is 6.04 Å². The summed E-state index contributed by atoms with van der Waals surface area (Å²) in [6.07, 6.45) is 0. The molecule has 0 aliphatic rings. The lowest BCUT2D eigenvalue weighted by atomic mass is 10.0. The molecule has 0 amide bonds. The Morgan fingerprint density at radius 2 is 1.83 bits per heavy atom. The Bertz CT molecular complexity index is 565. The van der Waals surface area contributed by atoms with Crippen molar-refractivity contribution < 1.29 is 0 Å². The number of thiophene rings is 1. The Kier molecular flexibility index (Phi) is 5.06. The maximum atomic E-state index is 3.66. The maximum absolute atomic E-state index is 3.66. The van der Waals surface area contributed by atoms with Crippen LogP contribution in [0.2, 0.25) is 0 Å². The molecule has 0 radical (unpaired) electrons. The zero-order chi connectivity index (χ0) is 13.3. The van der Waals surface area contributed by atoms with Crippen LogP contribution in [0.1, 0.15) is 22.0 Å². The fourth-order valence-corrected chi connectivity index (χ4v) is 4.60. The molecule has 2 aromatic rings. The van der Waals surface area contributed by atoms with E-state index in [4.69, 9.17) is 0 Å². The van der Waals surface area contributed by atoms with Crippen LogP contribution in [0.15, 0.2) is 37.0 Å². The van der Waals surface area contributed by atoms with Crippen molar-refractivity contribution in [1.82, 2.24) is 5.32 Å². The van der Waals surface area contributed by atoms with Gasteiger partial charge in [0.1, 0.15) is 0 Å². The third-order valence-electron chi connectivity index (χ3n) is 2.78. The highest BCUT2D eigenvalue weighted by molar-refractivity contribution is 9.11. The van der Waals surface area contributed by atoms with Gasteiger partial charge < -0.3 is 5.32 Å². The molecule has 0 saturated carbocycles. The quantitative estimate of drug-likeness (QED) is 0.633. The highest BCUT2D eigenvalue weighted by Gasteiger charge is 2.19. The van der Waals surface area contributed by atoms with Crippen LogP contribution in [0.25, 0.3) is 0 Å². The fourth-order valence-electron chi connectivity index (χ4n) is 1.82. The minimum absolute atomic E-state index is 0.186. The molecule has 1 aromatic heterocycles. The van der Waals surface area contributed by atoms with Gasteiger partial charge in [0, 0.05) is 18.3 Å². The van der Waals surface area contributed by atoms with Crippen molar-refractivity contribution in [1.29, 1.82) is 0 Å². The van der Waals surface area contributed by atoms with Crippen molar-refractivity contribution >= 4 is 59.1 Å². The summed E-state index contributed by atoms with van der Waals surface area (Å²) in [5, 5.41) is 5.48. The first-order valence-corrected chi connectivity index (χ1v) is 8.66. The van der Waals surface area contributed by atoms with Gasteiger partial charge in [-0.1, -0.05) is 31.9 Å². The number of benzene rings is 1. The molecule has 1 N–H and O–H groups in total. The Morgan fingerprint density at radius 1 is 1.11 bits per heavy atom. The second kappa shape index (κ2) is 6.18. The first-order chi connectivity index (χ1) is 8.54. The van der Waals surface area contributed by atoms with Gasteiger partial charge in [0.05, 0.1) is 6.04 Å². The lowest BCUT2D eigenvalue weighted by Gasteiger charge is -2.19. The summed E-state index contributed by atoms with van der Waals surface area (Å²) in [5.74, 6) is 0. The average molecular weight is 454 g/mol. The Balaban J connectivity index is 2.52. The summed E-state index contributed by atoms with van der Waals surface area (Å²) in [5.41, 5.74) is 2.46. The van der Waals surface area contributed by atoms with Crippen LogP contribution in [0, 0.1) is 6.92 Å². The molecular formula is C13H12Br3NS. The number of hydrogen-bond donors (Lipinski definition) is 1. The third kappa shape index (κ3) is 2.90. The molecule has 1 nitrogen and oxygen atoms in total. The SMILES string of the molecule is CNC(c1cc(Br)c(C)cc1Br)c1sccc1Br. The summed E-state index contributed by atoms with van der Waals surface area (Å²) >= 11 is 12.6. The molecule has 1 aromatic carbocycles. The highest BCUT2D eigenvalue weighted by atomic mass is 79.9. The second-order valence-electron chi connectivity index (χ2n) is 3.98. The summed E-state index contributed by atoms with van der Waals surface area (Å²) < 4.78 is 3.41. The standard InChI is InChI=1S/C13H12Br3NS/c1-7-5-11(16)8(6-10(7)15)12(17-2)13-9(14)3-4-18-13/h3-6,12,17H,1-2H3. The second-order valence-corrected chi connectivity index (χ2v) is 7.49. The molecule has 0 aliphatic heterocycles. The molecule has 1 atom stereocenters. The van der Waals surface area contributed by atoms with Gasteiger partial charge in [0.25, 0.3) is 0 Å². The Morgan fingerprint density at radius 3 is 2.39 bits per heavy atom. The molecule has 0 bridgehead atoms. The van der Waals surface area contributed by atoms with Crippen molar-refractivity contribution in [3.8, 4) is 0 Å². The van der Waals surface area contributed by atoms with Crippen LogP contribution < -0.4 is 5.32 Å². The van der Waals surface area contributed by atoms with Gasteiger partial charge in [-0.25, -0.2) is 0 Å². The Labute approximate surface area is 136 Å². The van der Waals surface area contributed by atoms with Crippen LogP contribution in [0.3, 0.4) is 0 Å². The number of halogens is 3. The molecule has 5 heteroatoms. The minimum atomic E-state index is 0.186. The normalized spacial score (nSPS) is 12.7. The number of hydrogen-bond acceptors (Lipinski definition) is 2. The van der Waals surface area contributed by atoms with Crippen molar-refractivity contribution in [2.45, 2.75) is 13.0 Å². The zero-order valence-corrected chi connectivity index (χ0v) is 15.5. The third-order valence-corrected chi connectivity index (χ3v) is 6.26. The first kappa shape index (κ1) is 14.7. The van der Waals surface area contributed by atoms with E-state index in [2.05, 4.69) is 83.6 Å². The summed E-state index contributed by atoms with van der Waals surface area (Å²) in [7, 11) is 1.98. The van der Waals surface area contributed by atoms with Crippen molar-refractivity contribution in [2.75, 3.05) is 7.05 Å². The van der Waals surface area contributed by atoms with Gasteiger partial charge in [-0.05, 0) is 64.6 Å². The van der Waals surface area contributed by atoms with E-state index in [1.807, 2.05) is 7.05 Å². The van der Waals surface area contributed by atoms with E-state index >= 15 is 0 Å². The van der Waals surface area contributed by atoms with Gasteiger partial charge in [-0.3, -0.25) is 0 Å². The summed E-state index contributed by atoms with van der Waals surface area (Å²) in [6, 6.07) is 6.59. The van der Waals surface area contributed by atoms with Crippen LogP contribution in [0.4, 0.5) is 0 Å². The topological polar surface area (TPSA) is 12.0 Å². The predicted octanol–water partition coefficient (Wildman–Crippen LogP) is 5.65. The fraction of sp³-hybridized carbons (Fsp3) is 0.231. The number of rotatable bonds is 3. The first-order valence-electron chi connectivity index (χ1n) is 5.40. The van der Waals surface area contributed by atoms with Gasteiger partial charge in [0.2, 0.25) is 0 Å². The van der Waals surface area contributed by atoms with Crippen LogP contribution in [-0.4, -0.2) is 7.05 Å². The monoisotopic (exact) mass is 451 g/mol. The van der Waals surface area contributed by atoms with Crippen LogP contribution in [-0.2, 0) is 0 Å². The van der Waals surface area contributed by atoms with Gasteiger partial charge >= 0.3 is 0 Å². The van der Waals surface area contributed by atoms with Crippen LogP contribution in [0.5, 0.6) is 0 Å². The van der Waals surface area contributed by atoms with E-state index in [1.54, 1.807) is 11.3 Å². The largest absolute Gasteiger partial charge is 0.309 e. The van der Waals surface area contributed by atoms with Crippen molar-refractivity contribution in [3.05, 3.63) is 53.0 Å². The Hall–Kier alpha value is 0.320. The van der Waals surface area contributed by atoms with Crippen LogP contribution >= 0.6 is 59.1 Å². The predicted molar refractivity (Wildman–Crippen MR) is 89.5 cm³/mol. The average Bonchev–Trinajstić information content (AvgIpc) is 2.73. The lowest BCUT2D eigenvalue weighted by Crippen LogP contribution is -2.17. The minimum Gasteiger partial charge on any atom is -0.309 e. The van der Waals surface area contributed by atoms with E-state index in [1.165, 1.54) is 16.0 Å². The van der Waals surface area contributed by atoms with Crippen molar-refractivity contribution in [3.63, 3.8) is 0 Å². The molecular weight excluding hydrogens is 442 g/mol. The molecule has 1 unspecified atom stereocenters.